The number of carboxylic acid groups (broad SMARTS) is 1. The van der Waals surface area contributed by atoms with Gasteiger partial charge in [-0.25, -0.2) is 4.79 Å². The lowest BCUT2D eigenvalue weighted by atomic mass is 9.99. The highest BCUT2D eigenvalue weighted by atomic mass is 16.4. The lowest BCUT2D eigenvalue weighted by Crippen LogP contribution is -2.57. The van der Waals surface area contributed by atoms with Gasteiger partial charge in [0.15, 0.2) is 0 Å². The second-order valence-corrected chi connectivity index (χ2v) is 7.99. The maximum atomic E-state index is 12.9. The van der Waals surface area contributed by atoms with E-state index in [0.717, 1.165) is 0 Å². The molecule has 1 aromatic rings. The Kier molecular flexibility index (Phi) is 9.94. The van der Waals surface area contributed by atoms with Crippen molar-refractivity contribution in [3.63, 3.8) is 0 Å². The van der Waals surface area contributed by atoms with Crippen molar-refractivity contribution in [2.75, 3.05) is 6.61 Å². The molecule has 3 amide bonds. The number of hydrogen-bond donors (Lipinski definition) is 6. The largest absolute Gasteiger partial charge is 0.507 e. The molecule has 0 radical (unpaired) electrons. The van der Waals surface area contributed by atoms with Gasteiger partial charge in [-0.15, -0.1) is 0 Å². The van der Waals surface area contributed by atoms with Crippen LogP contribution in [-0.4, -0.2) is 63.7 Å². The van der Waals surface area contributed by atoms with E-state index in [2.05, 4.69) is 16.0 Å². The number of phenolic OH excluding ortho intramolecular Hbond substituents is 1. The van der Waals surface area contributed by atoms with Gasteiger partial charge < -0.3 is 31.3 Å². The molecule has 0 fully saturated rings. The van der Waals surface area contributed by atoms with Crippen LogP contribution in [0.4, 0.5) is 0 Å². The van der Waals surface area contributed by atoms with Crippen molar-refractivity contribution in [1.82, 2.24) is 16.0 Å². The molecule has 0 aliphatic heterocycles. The van der Waals surface area contributed by atoms with Crippen LogP contribution in [0, 0.1) is 11.8 Å². The summed E-state index contributed by atoms with van der Waals surface area (Å²) in [5.74, 6) is -4.02. The Balaban J connectivity index is 2.98. The number of phenols is 1. The van der Waals surface area contributed by atoms with Gasteiger partial charge in [-0.05, 0) is 30.4 Å². The van der Waals surface area contributed by atoms with Gasteiger partial charge in [0.25, 0.3) is 5.91 Å². The SMILES string of the molecule is CC(C)C[C@H](NC(=O)[C@@H](NC(=O)c1ccccc1O)C(C)C)C(=O)N[C@@H](CO)C(=O)O. The van der Waals surface area contributed by atoms with Crippen LogP contribution in [0.1, 0.15) is 44.5 Å². The van der Waals surface area contributed by atoms with Gasteiger partial charge in [0, 0.05) is 0 Å². The van der Waals surface area contributed by atoms with Gasteiger partial charge in [0.05, 0.1) is 12.2 Å². The summed E-state index contributed by atoms with van der Waals surface area (Å²) in [5, 5.41) is 35.3. The van der Waals surface area contributed by atoms with Crippen molar-refractivity contribution in [2.45, 2.75) is 52.2 Å². The smallest absolute Gasteiger partial charge is 0.328 e. The standard InChI is InChI=1S/C21H31N3O7/c1-11(2)9-14(19(28)23-15(10-25)21(30)31)22-20(29)17(12(3)4)24-18(27)13-7-5-6-8-16(13)26/h5-8,11-12,14-15,17,25-26H,9-10H2,1-4H3,(H,22,29)(H,23,28)(H,24,27)(H,30,31)/t14-,15-,17-/m0/s1. The van der Waals surface area contributed by atoms with Crippen molar-refractivity contribution < 1.29 is 34.5 Å². The molecule has 3 atom stereocenters. The summed E-state index contributed by atoms with van der Waals surface area (Å²) in [6, 6.07) is 2.32. The lowest BCUT2D eigenvalue weighted by molar-refractivity contribution is -0.143. The Morgan fingerprint density at radius 2 is 1.48 bits per heavy atom. The van der Waals surface area contributed by atoms with Crippen LogP contribution in [0.5, 0.6) is 5.75 Å². The molecular weight excluding hydrogens is 406 g/mol. The van der Waals surface area contributed by atoms with E-state index < -0.39 is 48.4 Å². The highest BCUT2D eigenvalue weighted by Crippen LogP contribution is 2.16. The van der Waals surface area contributed by atoms with Crippen molar-refractivity contribution in [2.24, 2.45) is 11.8 Å². The fourth-order valence-electron chi connectivity index (χ4n) is 2.84. The summed E-state index contributed by atoms with van der Waals surface area (Å²) >= 11 is 0. The molecule has 0 aliphatic carbocycles. The number of benzene rings is 1. The van der Waals surface area contributed by atoms with Crippen molar-refractivity contribution >= 4 is 23.7 Å². The Morgan fingerprint density at radius 3 is 1.97 bits per heavy atom. The minimum Gasteiger partial charge on any atom is -0.507 e. The monoisotopic (exact) mass is 437 g/mol. The Labute approximate surface area is 181 Å². The van der Waals surface area contributed by atoms with E-state index in [1.54, 1.807) is 26.0 Å². The van der Waals surface area contributed by atoms with E-state index in [1.165, 1.54) is 12.1 Å². The van der Waals surface area contributed by atoms with E-state index in [9.17, 15) is 24.3 Å². The van der Waals surface area contributed by atoms with E-state index in [0.29, 0.717) is 0 Å². The predicted molar refractivity (Wildman–Crippen MR) is 112 cm³/mol. The average Bonchev–Trinajstić information content (AvgIpc) is 2.68. The number of carboxylic acids is 1. The molecule has 1 rings (SSSR count). The minimum atomic E-state index is -1.50. The van der Waals surface area contributed by atoms with Crippen LogP contribution in [-0.2, 0) is 14.4 Å². The third kappa shape index (κ3) is 7.89. The van der Waals surface area contributed by atoms with Gasteiger partial charge in [0.2, 0.25) is 11.8 Å². The van der Waals surface area contributed by atoms with Crippen molar-refractivity contribution in [3.8, 4) is 5.75 Å². The number of aliphatic hydroxyl groups excluding tert-OH is 1. The van der Waals surface area contributed by atoms with Gasteiger partial charge in [-0.3, -0.25) is 14.4 Å². The predicted octanol–water partition coefficient (Wildman–Crippen LogP) is 0.239. The number of nitrogens with one attached hydrogen (secondary N) is 3. The van der Waals surface area contributed by atoms with Gasteiger partial charge >= 0.3 is 5.97 Å². The number of aliphatic hydroxyl groups is 1. The molecule has 0 heterocycles. The zero-order chi connectivity index (χ0) is 23.7. The van der Waals surface area contributed by atoms with Crippen LogP contribution < -0.4 is 16.0 Å². The fourth-order valence-corrected chi connectivity index (χ4v) is 2.84. The molecule has 0 aromatic heterocycles. The highest BCUT2D eigenvalue weighted by molar-refractivity contribution is 6.00. The molecule has 172 valence electrons. The number of carbonyl (C=O) groups excluding carboxylic acids is 3. The molecule has 6 N–H and O–H groups in total. The molecule has 0 saturated carbocycles. The fraction of sp³-hybridized carbons (Fsp3) is 0.524. The van der Waals surface area contributed by atoms with Crippen LogP contribution in [0.2, 0.25) is 0 Å². The van der Waals surface area contributed by atoms with Gasteiger partial charge in [0.1, 0.15) is 23.9 Å². The van der Waals surface area contributed by atoms with Crippen LogP contribution in [0.3, 0.4) is 0 Å². The van der Waals surface area contributed by atoms with E-state index in [4.69, 9.17) is 10.2 Å². The summed E-state index contributed by atoms with van der Waals surface area (Å²) in [6.45, 7) is 6.27. The number of para-hydroxylation sites is 1. The first kappa shape index (κ1) is 25.9. The Morgan fingerprint density at radius 1 is 0.903 bits per heavy atom. The van der Waals surface area contributed by atoms with Crippen LogP contribution in [0.15, 0.2) is 24.3 Å². The minimum absolute atomic E-state index is 0.00432. The van der Waals surface area contributed by atoms with Gasteiger partial charge in [-0.2, -0.15) is 0 Å². The first-order valence-electron chi connectivity index (χ1n) is 10.0. The van der Waals surface area contributed by atoms with Crippen molar-refractivity contribution in [3.05, 3.63) is 29.8 Å². The number of hydrogen-bond acceptors (Lipinski definition) is 6. The number of aromatic hydroxyl groups is 1. The summed E-state index contributed by atoms with van der Waals surface area (Å²) in [6.07, 6.45) is 0.216. The first-order chi connectivity index (χ1) is 14.5. The normalized spacial score (nSPS) is 13.9. The number of aliphatic carboxylic acids is 1. The zero-order valence-electron chi connectivity index (χ0n) is 18.1. The maximum Gasteiger partial charge on any atom is 0.328 e. The molecule has 0 aliphatic rings. The molecule has 0 spiro atoms. The average molecular weight is 437 g/mol. The van der Waals surface area contributed by atoms with E-state index >= 15 is 0 Å². The third-order valence-electron chi connectivity index (χ3n) is 4.52. The summed E-state index contributed by atoms with van der Waals surface area (Å²) < 4.78 is 0. The first-order valence-corrected chi connectivity index (χ1v) is 10.0. The summed E-state index contributed by atoms with van der Waals surface area (Å²) in [5.41, 5.74) is 0.00432. The Hall–Kier alpha value is -3.14. The second-order valence-electron chi connectivity index (χ2n) is 7.99. The number of rotatable bonds is 11. The molecule has 0 unspecified atom stereocenters. The Bertz CT molecular complexity index is 795. The molecule has 0 saturated heterocycles. The van der Waals surface area contributed by atoms with Gasteiger partial charge in [-0.1, -0.05) is 39.8 Å². The van der Waals surface area contributed by atoms with E-state index in [1.807, 2.05) is 13.8 Å². The third-order valence-corrected chi connectivity index (χ3v) is 4.52. The molecular formula is C21H31N3O7. The second kappa shape index (κ2) is 11.9. The topological polar surface area (TPSA) is 165 Å². The number of carbonyl (C=O) groups is 4. The highest BCUT2D eigenvalue weighted by Gasteiger charge is 2.31. The maximum absolute atomic E-state index is 12.9. The quantitative estimate of drug-likeness (QED) is 0.288. The van der Waals surface area contributed by atoms with E-state index in [-0.39, 0.29) is 29.6 Å². The molecule has 10 heteroatoms. The lowest BCUT2D eigenvalue weighted by Gasteiger charge is -2.26. The zero-order valence-corrected chi connectivity index (χ0v) is 18.1. The van der Waals surface area contributed by atoms with Crippen LogP contribution >= 0.6 is 0 Å². The summed E-state index contributed by atoms with van der Waals surface area (Å²) in [4.78, 5) is 49.0. The number of amides is 3. The summed E-state index contributed by atoms with van der Waals surface area (Å²) in [7, 11) is 0. The molecule has 31 heavy (non-hydrogen) atoms. The van der Waals surface area contributed by atoms with Crippen LogP contribution in [0.25, 0.3) is 0 Å². The molecule has 10 nitrogen and oxygen atoms in total. The molecule has 0 bridgehead atoms. The molecule has 1 aromatic carbocycles. The van der Waals surface area contributed by atoms with Crippen molar-refractivity contribution in [1.29, 1.82) is 0 Å².